The third-order valence-corrected chi connectivity index (χ3v) is 4.16. The molecule has 0 saturated heterocycles. The normalized spacial score (nSPS) is 16.5. The maximum Gasteiger partial charge on any atom is 0.0934 e. The van der Waals surface area contributed by atoms with Gasteiger partial charge in [0.2, 0.25) is 0 Å². The van der Waals surface area contributed by atoms with Crippen molar-refractivity contribution in [3.05, 3.63) is 58.5 Å². The lowest BCUT2D eigenvalue weighted by Crippen LogP contribution is -2.24. The Labute approximate surface area is 122 Å². The molecule has 1 N–H and O–H groups in total. The van der Waals surface area contributed by atoms with Gasteiger partial charge < -0.3 is 9.73 Å². The number of nitrogens with one attached hydrogen (secondary N) is 1. The highest BCUT2D eigenvalue weighted by Crippen LogP contribution is 2.25. The van der Waals surface area contributed by atoms with Crippen LogP contribution in [0.25, 0.3) is 0 Å². The van der Waals surface area contributed by atoms with Gasteiger partial charge in [-0.2, -0.15) is 0 Å². The summed E-state index contributed by atoms with van der Waals surface area (Å²) >= 11 is 3.50. The van der Waals surface area contributed by atoms with Crippen LogP contribution in [-0.2, 0) is 6.42 Å². The van der Waals surface area contributed by atoms with E-state index in [1.807, 2.05) is 6.26 Å². The first kappa shape index (κ1) is 12.9. The Morgan fingerprint density at radius 3 is 2.63 bits per heavy atom. The van der Waals surface area contributed by atoms with Crippen molar-refractivity contribution in [2.24, 2.45) is 0 Å². The van der Waals surface area contributed by atoms with E-state index in [2.05, 4.69) is 51.6 Å². The Kier molecular flexibility index (Phi) is 4.04. The van der Waals surface area contributed by atoms with Gasteiger partial charge >= 0.3 is 0 Å². The van der Waals surface area contributed by atoms with E-state index in [0.29, 0.717) is 5.92 Å². The molecule has 0 aliphatic heterocycles. The molecule has 1 aromatic carbocycles. The first-order valence-electron chi connectivity index (χ1n) is 6.81. The number of rotatable bonds is 6. The van der Waals surface area contributed by atoms with Crippen molar-refractivity contribution in [2.45, 2.75) is 31.2 Å². The summed E-state index contributed by atoms with van der Waals surface area (Å²) < 4.78 is 6.31. The quantitative estimate of drug-likeness (QED) is 0.866. The zero-order valence-electron chi connectivity index (χ0n) is 10.8. The Bertz CT molecular complexity index is 502. The smallest absolute Gasteiger partial charge is 0.0934 e. The van der Waals surface area contributed by atoms with Gasteiger partial charge in [-0.1, -0.05) is 28.1 Å². The minimum absolute atomic E-state index is 0.506. The Hall–Kier alpha value is -1.06. The van der Waals surface area contributed by atoms with Crippen molar-refractivity contribution in [3.63, 3.8) is 0 Å². The molecule has 1 aromatic heterocycles. The van der Waals surface area contributed by atoms with Crippen LogP contribution < -0.4 is 5.32 Å². The van der Waals surface area contributed by atoms with Crippen molar-refractivity contribution in [3.8, 4) is 0 Å². The third-order valence-electron chi connectivity index (χ3n) is 3.63. The predicted octanol–water partition coefficient (Wildman–Crippen LogP) is 4.12. The molecule has 19 heavy (non-hydrogen) atoms. The molecule has 0 spiro atoms. The molecule has 1 heterocycles. The summed E-state index contributed by atoms with van der Waals surface area (Å²) in [6.07, 6.45) is 7.29. The van der Waals surface area contributed by atoms with Crippen LogP contribution in [0.3, 0.4) is 0 Å². The Morgan fingerprint density at radius 2 is 2.00 bits per heavy atom. The molecule has 1 unspecified atom stereocenters. The molecular formula is C16H18BrNO. The van der Waals surface area contributed by atoms with Crippen LogP contribution in [0.5, 0.6) is 0 Å². The molecule has 1 fully saturated rings. The van der Waals surface area contributed by atoms with Crippen molar-refractivity contribution < 1.29 is 4.42 Å². The Balaban J connectivity index is 1.71. The molecule has 1 aliphatic rings. The van der Waals surface area contributed by atoms with E-state index in [4.69, 9.17) is 4.42 Å². The second kappa shape index (κ2) is 5.93. The summed E-state index contributed by atoms with van der Waals surface area (Å²) in [6, 6.07) is 11.5. The zero-order chi connectivity index (χ0) is 13.1. The molecule has 2 nitrogen and oxygen atoms in total. The fraction of sp³-hybridized carbons (Fsp3) is 0.375. The van der Waals surface area contributed by atoms with Gasteiger partial charge in [0.15, 0.2) is 0 Å². The summed E-state index contributed by atoms with van der Waals surface area (Å²) in [6.45, 7) is 1.04. The average molecular weight is 320 g/mol. The number of halogens is 1. The number of benzene rings is 1. The highest BCUT2D eigenvalue weighted by molar-refractivity contribution is 9.10. The SMILES string of the molecule is Brc1ccc(C(CNC2CC2)Cc2ccoc2)cc1. The van der Waals surface area contributed by atoms with Gasteiger partial charge in [0.25, 0.3) is 0 Å². The highest BCUT2D eigenvalue weighted by Gasteiger charge is 2.22. The molecule has 1 atom stereocenters. The van der Waals surface area contributed by atoms with Crippen LogP contribution in [0.2, 0.25) is 0 Å². The summed E-state index contributed by atoms with van der Waals surface area (Å²) in [5, 5.41) is 3.64. The Morgan fingerprint density at radius 1 is 1.21 bits per heavy atom. The van der Waals surface area contributed by atoms with Gasteiger partial charge in [0.05, 0.1) is 12.5 Å². The van der Waals surface area contributed by atoms with Crippen LogP contribution in [0.15, 0.2) is 51.7 Å². The summed E-state index contributed by atoms with van der Waals surface area (Å²) in [5.74, 6) is 0.506. The number of furan rings is 1. The van der Waals surface area contributed by atoms with Crippen LogP contribution in [0.1, 0.15) is 29.9 Å². The van der Waals surface area contributed by atoms with E-state index in [-0.39, 0.29) is 0 Å². The monoisotopic (exact) mass is 319 g/mol. The minimum atomic E-state index is 0.506. The fourth-order valence-corrected chi connectivity index (χ4v) is 2.60. The maximum atomic E-state index is 5.18. The zero-order valence-corrected chi connectivity index (χ0v) is 12.4. The molecule has 1 aliphatic carbocycles. The van der Waals surface area contributed by atoms with Crippen molar-refractivity contribution >= 4 is 15.9 Å². The van der Waals surface area contributed by atoms with Crippen molar-refractivity contribution in [2.75, 3.05) is 6.54 Å². The summed E-state index contributed by atoms with van der Waals surface area (Å²) in [5.41, 5.74) is 2.66. The number of hydrogen-bond acceptors (Lipinski definition) is 2. The molecular weight excluding hydrogens is 302 g/mol. The van der Waals surface area contributed by atoms with Gasteiger partial charge in [0, 0.05) is 23.0 Å². The van der Waals surface area contributed by atoms with Crippen LogP contribution in [0, 0.1) is 0 Å². The van der Waals surface area contributed by atoms with E-state index in [0.717, 1.165) is 23.5 Å². The van der Waals surface area contributed by atoms with Gasteiger partial charge in [-0.05, 0) is 48.6 Å². The van der Waals surface area contributed by atoms with Crippen molar-refractivity contribution in [1.82, 2.24) is 5.32 Å². The van der Waals surface area contributed by atoms with Gasteiger partial charge in [-0.15, -0.1) is 0 Å². The predicted molar refractivity (Wildman–Crippen MR) is 80.3 cm³/mol. The minimum Gasteiger partial charge on any atom is -0.472 e. The van der Waals surface area contributed by atoms with Gasteiger partial charge in [-0.3, -0.25) is 0 Å². The van der Waals surface area contributed by atoms with E-state index in [1.165, 1.54) is 24.0 Å². The molecule has 3 heteroatoms. The standard InChI is InChI=1S/C16H18BrNO/c17-15-3-1-13(2-4-15)14(10-18-16-5-6-16)9-12-7-8-19-11-12/h1-4,7-8,11,14,16,18H,5-6,9-10H2. The third kappa shape index (κ3) is 3.71. The highest BCUT2D eigenvalue weighted by atomic mass is 79.9. The molecule has 1 saturated carbocycles. The lowest BCUT2D eigenvalue weighted by Gasteiger charge is -2.17. The van der Waals surface area contributed by atoms with E-state index < -0.39 is 0 Å². The molecule has 0 amide bonds. The molecule has 0 radical (unpaired) electrons. The molecule has 100 valence electrons. The maximum absolute atomic E-state index is 5.18. The molecule has 3 rings (SSSR count). The topological polar surface area (TPSA) is 25.2 Å². The second-order valence-corrected chi connectivity index (χ2v) is 6.18. The fourth-order valence-electron chi connectivity index (χ4n) is 2.33. The lowest BCUT2D eigenvalue weighted by molar-refractivity contribution is 0.551. The van der Waals surface area contributed by atoms with Crippen LogP contribution >= 0.6 is 15.9 Å². The lowest BCUT2D eigenvalue weighted by atomic mass is 9.93. The van der Waals surface area contributed by atoms with Gasteiger partial charge in [-0.25, -0.2) is 0 Å². The second-order valence-electron chi connectivity index (χ2n) is 5.27. The number of hydrogen-bond donors (Lipinski definition) is 1. The summed E-state index contributed by atoms with van der Waals surface area (Å²) in [7, 11) is 0. The van der Waals surface area contributed by atoms with Gasteiger partial charge in [0.1, 0.15) is 0 Å². The summed E-state index contributed by atoms with van der Waals surface area (Å²) in [4.78, 5) is 0. The molecule has 2 aromatic rings. The van der Waals surface area contributed by atoms with E-state index in [9.17, 15) is 0 Å². The average Bonchev–Trinajstić information content (AvgIpc) is 3.11. The largest absolute Gasteiger partial charge is 0.472 e. The van der Waals surface area contributed by atoms with Crippen LogP contribution in [-0.4, -0.2) is 12.6 Å². The first-order valence-corrected chi connectivity index (χ1v) is 7.60. The van der Waals surface area contributed by atoms with E-state index >= 15 is 0 Å². The van der Waals surface area contributed by atoms with Crippen molar-refractivity contribution in [1.29, 1.82) is 0 Å². The van der Waals surface area contributed by atoms with E-state index in [1.54, 1.807) is 6.26 Å². The van der Waals surface area contributed by atoms with Crippen LogP contribution in [0.4, 0.5) is 0 Å². The molecule has 0 bridgehead atoms. The first-order chi connectivity index (χ1) is 9.31.